The third kappa shape index (κ3) is 3.65. The summed E-state index contributed by atoms with van der Waals surface area (Å²) in [4.78, 5) is 11.9. The van der Waals surface area contributed by atoms with Crippen molar-refractivity contribution in [2.75, 3.05) is 5.32 Å². The first-order valence-electron chi connectivity index (χ1n) is 6.83. The number of hydrogen-bond acceptors (Lipinski definition) is 4. The molecule has 3 rings (SSSR count). The van der Waals surface area contributed by atoms with Gasteiger partial charge in [0.05, 0.1) is 10.6 Å². The van der Waals surface area contributed by atoms with Gasteiger partial charge in [0, 0.05) is 31.3 Å². The van der Waals surface area contributed by atoms with Gasteiger partial charge in [0.25, 0.3) is 0 Å². The van der Waals surface area contributed by atoms with Crippen molar-refractivity contribution in [2.24, 2.45) is 0 Å². The molecule has 0 aromatic carbocycles. The van der Waals surface area contributed by atoms with Crippen LogP contribution in [-0.2, 0) is 12.7 Å². The number of rotatable bonds is 4. The fourth-order valence-electron chi connectivity index (χ4n) is 1.98. The number of anilines is 1. The molecule has 0 atom stereocenters. The third-order valence-electron chi connectivity index (χ3n) is 3.21. The molecule has 5 nitrogen and oxygen atoms in total. The molecule has 0 amide bonds. The zero-order chi connectivity index (χ0) is 17.2. The van der Waals surface area contributed by atoms with Crippen molar-refractivity contribution < 1.29 is 13.2 Å². The van der Waals surface area contributed by atoms with Crippen LogP contribution in [0.1, 0.15) is 11.1 Å². The van der Waals surface area contributed by atoms with Crippen LogP contribution in [0.25, 0.3) is 5.82 Å². The number of halogens is 4. The number of imidazole rings is 1. The van der Waals surface area contributed by atoms with Crippen LogP contribution in [0.15, 0.2) is 49.3 Å². The van der Waals surface area contributed by atoms with E-state index in [1.165, 1.54) is 0 Å². The fraction of sp³-hybridized carbons (Fsp3) is 0.133. The second-order valence-corrected chi connectivity index (χ2v) is 5.31. The first kappa shape index (κ1) is 16.3. The molecule has 124 valence electrons. The molecule has 0 aliphatic rings. The van der Waals surface area contributed by atoms with Crippen molar-refractivity contribution in [1.29, 1.82) is 0 Å². The van der Waals surface area contributed by atoms with Crippen LogP contribution in [-0.4, -0.2) is 19.5 Å². The normalized spacial score (nSPS) is 11.5. The summed E-state index contributed by atoms with van der Waals surface area (Å²) in [5, 5.41) is 2.80. The van der Waals surface area contributed by atoms with Gasteiger partial charge in [0.15, 0.2) is 0 Å². The Balaban J connectivity index is 1.67. The Labute approximate surface area is 140 Å². The summed E-state index contributed by atoms with van der Waals surface area (Å²) >= 11 is 5.84. The van der Waals surface area contributed by atoms with Crippen molar-refractivity contribution in [3.63, 3.8) is 0 Å². The number of pyridine rings is 2. The SMILES string of the molecule is FC(F)(F)c1cnc(NCc2ccc(-n3ccnc3)nc2)c(Cl)c1. The van der Waals surface area contributed by atoms with Crippen LogP contribution in [0.4, 0.5) is 19.0 Å². The minimum atomic E-state index is -4.47. The van der Waals surface area contributed by atoms with Gasteiger partial charge >= 0.3 is 6.18 Å². The van der Waals surface area contributed by atoms with Gasteiger partial charge in [0.1, 0.15) is 18.0 Å². The van der Waals surface area contributed by atoms with Crippen molar-refractivity contribution in [3.8, 4) is 5.82 Å². The predicted molar refractivity (Wildman–Crippen MR) is 82.9 cm³/mol. The number of aromatic nitrogens is 4. The maximum absolute atomic E-state index is 12.6. The molecule has 9 heteroatoms. The van der Waals surface area contributed by atoms with Crippen LogP contribution in [0.2, 0.25) is 5.02 Å². The predicted octanol–water partition coefficient (Wildman–Crippen LogP) is 3.95. The number of alkyl halides is 3. The molecule has 0 saturated carbocycles. The lowest BCUT2D eigenvalue weighted by molar-refractivity contribution is -0.137. The number of nitrogens with zero attached hydrogens (tertiary/aromatic N) is 4. The summed E-state index contributed by atoms with van der Waals surface area (Å²) in [6, 6.07) is 4.49. The van der Waals surface area contributed by atoms with Gasteiger partial charge in [-0.3, -0.25) is 4.57 Å². The topological polar surface area (TPSA) is 55.6 Å². The van der Waals surface area contributed by atoms with Crippen molar-refractivity contribution in [2.45, 2.75) is 12.7 Å². The molecule has 3 aromatic rings. The molecular formula is C15H11ClF3N5. The highest BCUT2D eigenvalue weighted by molar-refractivity contribution is 6.32. The van der Waals surface area contributed by atoms with E-state index >= 15 is 0 Å². The summed E-state index contributed by atoms with van der Waals surface area (Å²) in [5.74, 6) is 0.894. The minimum Gasteiger partial charge on any atom is -0.365 e. The van der Waals surface area contributed by atoms with Gasteiger partial charge < -0.3 is 5.32 Å². The molecule has 0 aliphatic carbocycles. The van der Waals surface area contributed by atoms with E-state index in [0.717, 1.165) is 17.8 Å². The Morgan fingerprint density at radius 1 is 1.17 bits per heavy atom. The van der Waals surface area contributed by atoms with E-state index < -0.39 is 11.7 Å². The highest BCUT2D eigenvalue weighted by Crippen LogP contribution is 2.32. The van der Waals surface area contributed by atoms with Crippen LogP contribution < -0.4 is 5.32 Å². The molecule has 24 heavy (non-hydrogen) atoms. The molecule has 1 N–H and O–H groups in total. The molecule has 0 bridgehead atoms. The third-order valence-corrected chi connectivity index (χ3v) is 3.49. The largest absolute Gasteiger partial charge is 0.417 e. The molecule has 0 aliphatic heterocycles. The van der Waals surface area contributed by atoms with Crippen LogP contribution in [0, 0.1) is 0 Å². The molecular weight excluding hydrogens is 343 g/mol. The fourth-order valence-corrected chi connectivity index (χ4v) is 2.21. The van der Waals surface area contributed by atoms with Gasteiger partial charge in [-0.1, -0.05) is 17.7 Å². The first-order valence-corrected chi connectivity index (χ1v) is 7.21. The smallest absolute Gasteiger partial charge is 0.365 e. The monoisotopic (exact) mass is 353 g/mol. The van der Waals surface area contributed by atoms with Crippen molar-refractivity contribution >= 4 is 17.4 Å². The highest BCUT2D eigenvalue weighted by atomic mass is 35.5. The summed E-state index contributed by atoms with van der Waals surface area (Å²) in [6.07, 6.45) is 2.98. The van der Waals surface area contributed by atoms with E-state index in [9.17, 15) is 13.2 Å². The highest BCUT2D eigenvalue weighted by Gasteiger charge is 2.31. The molecule has 0 fully saturated rings. The van der Waals surface area contributed by atoms with E-state index in [2.05, 4.69) is 20.3 Å². The lowest BCUT2D eigenvalue weighted by atomic mass is 10.2. The molecule has 0 spiro atoms. The van der Waals surface area contributed by atoms with Gasteiger partial charge in [-0.25, -0.2) is 15.0 Å². The van der Waals surface area contributed by atoms with Crippen LogP contribution in [0.5, 0.6) is 0 Å². The molecule has 0 saturated heterocycles. The van der Waals surface area contributed by atoms with Gasteiger partial charge in [-0.05, 0) is 17.7 Å². The lowest BCUT2D eigenvalue weighted by Crippen LogP contribution is -2.08. The molecule has 3 aromatic heterocycles. The zero-order valence-electron chi connectivity index (χ0n) is 12.1. The maximum atomic E-state index is 12.6. The average molecular weight is 354 g/mol. The van der Waals surface area contributed by atoms with Crippen molar-refractivity contribution in [3.05, 3.63) is 65.5 Å². The summed E-state index contributed by atoms with van der Waals surface area (Å²) in [5.41, 5.74) is -0.0546. The Morgan fingerprint density at radius 3 is 2.58 bits per heavy atom. The first-order chi connectivity index (χ1) is 11.4. The van der Waals surface area contributed by atoms with E-state index in [1.54, 1.807) is 35.6 Å². The van der Waals surface area contributed by atoms with E-state index in [1.807, 2.05) is 6.07 Å². The molecule has 0 radical (unpaired) electrons. The Hall–Kier alpha value is -2.61. The average Bonchev–Trinajstić information content (AvgIpc) is 3.08. The lowest BCUT2D eigenvalue weighted by Gasteiger charge is -2.11. The van der Waals surface area contributed by atoms with Gasteiger partial charge in [-0.2, -0.15) is 13.2 Å². The quantitative estimate of drug-likeness (QED) is 0.771. The second-order valence-electron chi connectivity index (χ2n) is 4.90. The molecule has 3 heterocycles. The number of nitrogens with one attached hydrogen (secondary N) is 1. The van der Waals surface area contributed by atoms with Crippen molar-refractivity contribution in [1.82, 2.24) is 19.5 Å². The maximum Gasteiger partial charge on any atom is 0.417 e. The zero-order valence-corrected chi connectivity index (χ0v) is 12.9. The van der Waals surface area contributed by atoms with E-state index in [-0.39, 0.29) is 10.8 Å². The summed E-state index contributed by atoms with van der Waals surface area (Å²) in [7, 11) is 0. The Morgan fingerprint density at radius 2 is 2.00 bits per heavy atom. The van der Waals surface area contributed by atoms with E-state index in [4.69, 9.17) is 11.6 Å². The Bertz CT molecular complexity index is 816. The Kier molecular flexibility index (Phi) is 4.39. The second kappa shape index (κ2) is 6.48. The van der Waals surface area contributed by atoms with Crippen LogP contribution in [0.3, 0.4) is 0 Å². The minimum absolute atomic E-state index is 0.0900. The van der Waals surface area contributed by atoms with E-state index in [0.29, 0.717) is 12.4 Å². The van der Waals surface area contributed by atoms with Crippen LogP contribution >= 0.6 is 11.6 Å². The summed E-state index contributed by atoms with van der Waals surface area (Å²) in [6.45, 7) is 0.329. The van der Waals surface area contributed by atoms with Gasteiger partial charge in [-0.15, -0.1) is 0 Å². The number of hydrogen-bond donors (Lipinski definition) is 1. The standard InChI is InChI=1S/C15H11ClF3N5/c16-12-5-11(15(17,18)19)8-23-14(12)22-7-10-1-2-13(21-6-10)24-4-3-20-9-24/h1-6,8-9H,7H2,(H,22,23). The molecule has 0 unspecified atom stereocenters. The van der Waals surface area contributed by atoms with Gasteiger partial charge in [0.2, 0.25) is 0 Å². The summed E-state index contributed by atoms with van der Waals surface area (Å²) < 4.78 is 39.5.